The number of aldehydes is 1. The van der Waals surface area contributed by atoms with Gasteiger partial charge in [0.15, 0.2) is 6.29 Å². The zero-order valence-corrected chi connectivity index (χ0v) is 12.9. The number of hydrogen-bond donors (Lipinski definition) is 1. The number of carbonyl (C=O) groups is 1. The van der Waals surface area contributed by atoms with Crippen molar-refractivity contribution in [2.75, 3.05) is 0 Å². The second-order valence-corrected chi connectivity index (χ2v) is 5.99. The first-order valence-electron chi connectivity index (χ1n) is 7.84. The first-order chi connectivity index (χ1) is 9.57. The Labute approximate surface area is 123 Å². The Morgan fingerprint density at radius 2 is 1.55 bits per heavy atom. The van der Waals surface area contributed by atoms with Crippen molar-refractivity contribution in [3.05, 3.63) is 35.4 Å². The maximum atomic E-state index is 10.7. The molecule has 112 valence electrons. The smallest absolute Gasteiger partial charge is 0.151 e. The Kier molecular flexibility index (Phi) is 7.53. The zero-order valence-electron chi connectivity index (χ0n) is 12.9. The SMILES string of the molecule is CCCCCCCCc1ccc(CC(C)(O)C=O)cc1. The molecule has 0 radical (unpaired) electrons. The molecule has 0 saturated heterocycles. The molecule has 0 fully saturated rings. The highest BCUT2D eigenvalue weighted by Gasteiger charge is 2.19. The van der Waals surface area contributed by atoms with Gasteiger partial charge in [-0.25, -0.2) is 0 Å². The summed E-state index contributed by atoms with van der Waals surface area (Å²) < 4.78 is 0. The van der Waals surface area contributed by atoms with Crippen LogP contribution in [-0.2, 0) is 17.6 Å². The maximum absolute atomic E-state index is 10.7. The van der Waals surface area contributed by atoms with Crippen molar-refractivity contribution in [3.63, 3.8) is 0 Å². The molecule has 1 aromatic carbocycles. The lowest BCUT2D eigenvalue weighted by molar-refractivity contribution is -0.122. The van der Waals surface area contributed by atoms with Crippen LogP contribution in [0.5, 0.6) is 0 Å². The van der Waals surface area contributed by atoms with Crippen molar-refractivity contribution >= 4 is 6.29 Å². The van der Waals surface area contributed by atoms with Crippen molar-refractivity contribution in [1.29, 1.82) is 0 Å². The summed E-state index contributed by atoms with van der Waals surface area (Å²) in [6, 6.07) is 8.26. The van der Waals surface area contributed by atoms with Crippen LogP contribution in [-0.4, -0.2) is 17.0 Å². The third-order valence-electron chi connectivity index (χ3n) is 3.66. The van der Waals surface area contributed by atoms with Crippen LogP contribution >= 0.6 is 0 Å². The number of unbranched alkanes of at least 4 members (excludes halogenated alkanes) is 5. The molecule has 0 heterocycles. The lowest BCUT2D eigenvalue weighted by Crippen LogP contribution is -2.28. The van der Waals surface area contributed by atoms with Crippen molar-refractivity contribution in [1.82, 2.24) is 0 Å². The molecule has 1 rings (SSSR count). The van der Waals surface area contributed by atoms with Crippen molar-refractivity contribution in [3.8, 4) is 0 Å². The fourth-order valence-corrected chi connectivity index (χ4v) is 2.39. The van der Waals surface area contributed by atoms with E-state index in [0.29, 0.717) is 12.7 Å². The van der Waals surface area contributed by atoms with Gasteiger partial charge in [-0.15, -0.1) is 0 Å². The fourth-order valence-electron chi connectivity index (χ4n) is 2.39. The minimum atomic E-state index is -1.25. The summed E-state index contributed by atoms with van der Waals surface area (Å²) in [5.74, 6) is 0. The molecule has 2 heteroatoms. The number of aliphatic hydroxyl groups is 1. The molecule has 20 heavy (non-hydrogen) atoms. The molecule has 0 aliphatic rings. The van der Waals surface area contributed by atoms with E-state index in [0.717, 1.165) is 12.0 Å². The molecule has 1 atom stereocenters. The summed E-state index contributed by atoms with van der Waals surface area (Å²) in [6.45, 7) is 3.79. The lowest BCUT2D eigenvalue weighted by atomic mass is 9.96. The minimum absolute atomic E-state index is 0.383. The van der Waals surface area contributed by atoms with Gasteiger partial charge in [-0.2, -0.15) is 0 Å². The van der Waals surface area contributed by atoms with Crippen LogP contribution in [0.15, 0.2) is 24.3 Å². The van der Waals surface area contributed by atoms with Crippen LogP contribution in [0, 0.1) is 0 Å². The van der Waals surface area contributed by atoms with Gasteiger partial charge in [0.25, 0.3) is 0 Å². The van der Waals surface area contributed by atoms with Gasteiger partial charge < -0.3 is 9.90 Å². The predicted octanol–water partition coefficient (Wildman–Crippen LogP) is 4.08. The number of rotatable bonds is 10. The van der Waals surface area contributed by atoms with Crippen LogP contribution in [0.2, 0.25) is 0 Å². The van der Waals surface area contributed by atoms with E-state index in [-0.39, 0.29) is 0 Å². The molecule has 0 spiro atoms. The quantitative estimate of drug-likeness (QED) is 0.516. The number of hydrogen-bond acceptors (Lipinski definition) is 2. The summed E-state index contributed by atoms with van der Waals surface area (Å²) in [5.41, 5.74) is 1.10. The molecule has 0 saturated carbocycles. The van der Waals surface area contributed by atoms with Gasteiger partial charge in [0.1, 0.15) is 5.60 Å². The van der Waals surface area contributed by atoms with Gasteiger partial charge in [-0.1, -0.05) is 63.3 Å². The molecule has 1 aromatic rings. The van der Waals surface area contributed by atoms with E-state index in [1.165, 1.54) is 44.1 Å². The number of carbonyl (C=O) groups excluding carboxylic acids is 1. The highest BCUT2D eigenvalue weighted by atomic mass is 16.3. The third kappa shape index (κ3) is 6.85. The Morgan fingerprint density at radius 1 is 1.00 bits per heavy atom. The second-order valence-electron chi connectivity index (χ2n) is 5.99. The average molecular weight is 276 g/mol. The summed E-state index contributed by atoms with van der Waals surface area (Å²) >= 11 is 0. The van der Waals surface area contributed by atoms with Crippen LogP contribution in [0.25, 0.3) is 0 Å². The molecule has 1 N–H and O–H groups in total. The predicted molar refractivity (Wildman–Crippen MR) is 83.9 cm³/mol. The van der Waals surface area contributed by atoms with E-state index < -0.39 is 5.60 Å². The normalized spacial score (nSPS) is 13.9. The monoisotopic (exact) mass is 276 g/mol. The molecule has 0 aliphatic carbocycles. The molecule has 0 aliphatic heterocycles. The highest BCUT2D eigenvalue weighted by Crippen LogP contribution is 2.14. The average Bonchev–Trinajstić information content (AvgIpc) is 2.44. The Bertz CT molecular complexity index is 379. The molecule has 1 unspecified atom stereocenters. The first-order valence-corrected chi connectivity index (χ1v) is 7.84. The van der Waals surface area contributed by atoms with E-state index >= 15 is 0 Å². The molecule has 0 bridgehead atoms. The van der Waals surface area contributed by atoms with Gasteiger partial charge in [-0.3, -0.25) is 0 Å². The topological polar surface area (TPSA) is 37.3 Å². The lowest BCUT2D eigenvalue weighted by Gasteiger charge is -2.15. The summed E-state index contributed by atoms with van der Waals surface area (Å²) in [5, 5.41) is 9.72. The standard InChI is InChI=1S/C18H28O2/c1-3-4-5-6-7-8-9-16-10-12-17(13-11-16)14-18(2,20)15-19/h10-13,15,20H,3-9,14H2,1-2H3. The van der Waals surface area contributed by atoms with Crippen molar-refractivity contribution in [2.45, 2.75) is 70.8 Å². The Balaban J connectivity index is 2.30. The third-order valence-corrected chi connectivity index (χ3v) is 3.66. The fraction of sp³-hybridized carbons (Fsp3) is 0.611. The van der Waals surface area contributed by atoms with Gasteiger partial charge in [0.05, 0.1) is 0 Å². The van der Waals surface area contributed by atoms with Crippen LogP contribution in [0.3, 0.4) is 0 Å². The summed E-state index contributed by atoms with van der Waals surface area (Å²) in [4.78, 5) is 10.7. The number of benzene rings is 1. The van der Waals surface area contributed by atoms with E-state index in [1.807, 2.05) is 12.1 Å². The first kappa shape index (κ1) is 16.9. The second kappa shape index (κ2) is 8.91. The van der Waals surface area contributed by atoms with Crippen molar-refractivity contribution < 1.29 is 9.90 Å². The maximum Gasteiger partial charge on any atom is 0.151 e. The molecule has 0 aromatic heterocycles. The van der Waals surface area contributed by atoms with Gasteiger partial charge in [0, 0.05) is 6.42 Å². The van der Waals surface area contributed by atoms with E-state index in [2.05, 4.69) is 19.1 Å². The summed E-state index contributed by atoms with van der Waals surface area (Å²) in [7, 11) is 0. The van der Waals surface area contributed by atoms with Crippen LogP contribution < -0.4 is 0 Å². The van der Waals surface area contributed by atoms with Gasteiger partial charge >= 0.3 is 0 Å². The Hall–Kier alpha value is -1.15. The summed E-state index contributed by atoms with van der Waals surface area (Å²) in [6.07, 6.45) is 10.0. The molecule has 0 amide bonds. The molecular formula is C18H28O2. The van der Waals surface area contributed by atoms with Gasteiger partial charge in [0.2, 0.25) is 0 Å². The molecule has 2 nitrogen and oxygen atoms in total. The van der Waals surface area contributed by atoms with E-state index in [4.69, 9.17) is 0 Å². The minimum Gasteiger partial charge on any atom is -0.382 e. The largest absolute Gasteiger partial charge is 0.382 e. The highest BCUT2D eigenvalue weighted by molar-refractivity contribution is 5.62. The number of aryl methyl sites for hydroxylation is 1. The zero-order chi connectivity index (χ0) is 14.8. The van der Waals surface area contributed by atoms with E-state index in [9.17, 15) is 9.90 Å². The van der Waals surface area contributed by atoms with Crippen molar-refractivity contribution in [2.24, 2.45) is 0 Å². The van der Waals surface area contributed by atoms with Gasteiger partial charge in [-0.05, 0) is 30.9 Å². The Morgan fingerprint density at radius 3 is 2.15 bits per heavy atom. The van der Waals surface area contributed by atoms with Crippen LogP contribution in [0.4, 0.5) is 0 Å². The van der Waals surface area contributed by atoms with E-state index in [1.54, 1.807) is 6.92 Å². The van der Waals surface area contributed by atoms with Crippen LogP contribution in [0.1, 0.15) is 63.5 Å². The molecular weight excluding hydrogens is 248 g/mol.